The van der Waals surface area contributed by atoms with Crippen molar-refractivity contribution in [2.75, 3.05) is 18.5 Å². The lowest BCUT2D eigenvalue weighted by atomic mass is 10.2. The second-order valence-corrected chi connectivity index (χ2v) is 7.58. The summed E-state index contributed by atoms with van der Waals surface area (Å²) in [7, 11) is 0. The molecule has 1 aliphatic heterocycles. The predicted octanol–water partition coefficient (Wildman–Crippen LogP) is 4.48. The average molecular weight is 408 g/mol. The molecule has 0 bridgehead atoms. The molecular formula is C18H18BrNO3S. The van der Waals surface area contributed by atoms with Crippen LogP contribution in [0.1, 0.15) is 12.5 Å². The van der Waals surface area contributed by atoms with Gasteiger partial charge < -0.3 is 14.8 Å². The van der Waals surface area contributed by atoms with Crippen molar-refractivity contribution < 1.29 is 14.3 Å². The van der Waals surface area contributed by atoms with E-state index in [9.17, 15) is 4.79 Å². The summed E-state index contributed by atoms with van der Waals surface area (Å²) >= 11 is 5.13. The Labute approximate surface area is 154 Å². The number of carbonyl (C=O) groups excluding carboxylic acids is 1. The zero-order chi connectivity index (χ0) is 16.9. The van der Waals surface area contributed by atoms with Crippen molar-refractivity contribution in [1.29, 1.82) is 0 Å². The number of hydrogen-bond acceptors (Lipinski definition) is 4. The van der Waals surface area contributed by atoms with Crippen LogP contribution in [-0.2, 0) is 10.5 Å². The molecule has 1 aliphatic rings. The van der Waals surface area contributed by atoms with E-state index in [1.165, 1.54) is 5.56 Å². The largest absolute Gasteiger partial charge is 0.486 e. The summed E-state index contributed by atoms with van der Waals surface area (Å²) in [6, 6.07) is 13.5. The summed E-state index contributed by atoms with van der Waals surface area (Å²) in [5.41, 5.74) is 1.90. The Morgan fingerprint density at radius 2 is 1.96 bits per heavy atom. The lowest BCUT2D eigenvalue weighted by molar-refractivity contribution is -0.115. The third-order valence-electron chi connectivity index (χ3n) is 3.63. The summed E-state index contributed by atoms with van der Waals surface area (Å²) in [6.07, 6.45) is 0. The van der Waals surface area contributed by atoms with Gasteiger partial charge in [-0.1, -0.05) is 34.1 Å². The Bertz CT molecular complexity index is 738. The van der Waals surface area contributed by atoms with Gasteiger partial charge in [-0.2, -0.15) is 0 Å². The number of amides is 1. The molecule has 2 aromatic carbocycles. The molecule has 4 nitrogen and oxygen atoms in total. The molecule has 0 aromatic heterocycles. The number of thioether (sulfide) groups is 1. The van der Waals surface area contributed by atoms with Gasteiger partial charge in [-0.05, 0) is 30.7 Å². The van der Waals surface area contributed by atoms with Gasteiger partial charge in [0.15, 0.2) is 11.5 Å². The van der Waals surface area contributed by atoms with Crippen LogP contribution in [0.25, 0.3) is 0 Å². The number of fused-ring (bicyclic) bond motifs is 1. The molecule has 1 atom stereocenters. The number of halogens is 1. The van der Waals surface area contributed by atoms with Crippen LogP contribution in [-0.4, -0.2) is 24.4 Å². The highest BCUT2D eigenvalue weighted by atomic mass is 79.9. The molecule has 3 rings (SSSR count). The van der Waals surface area contributed by atoms with Gasteiger partial charge in [-0.15, -0.1) is 11.8 Å². The lowest BCUT2D eigenvalue weighted by Crippen LogP contribution is -2.23. The first kappa shape index (κ1) is 17.2. The number of nitrogens with one attached hydrogen (secondary N) is 1. The van der Waals surface area contributed by atoms with Crippen molar-refractivity contribution in [2.45, 2.75) is 17.9 Å². The number of benzene rings is 2. The van der Waals surface area contributed by atoms with Crippen LogP contribution in [0.4, 0.5) is 5.69 Å². The monoisotopic (exact) mass is 407 g/mol. The Morgan fingerprint density at radius 1 is 1.21 bits per heavy atom. The van der Waals surface area contributed by atoms with Gasteiger partial charge in [0.25, 0.3) is 0 Å². The summed E-state index contributed by atoms with van der Waals surface area (Å²) in [4.78, 5) is 12.4. The van der Waals surface area contributed by atoms with Crippen molar-refractivity contribution in [3.8, 4) is 11.5 Å². The minimum atomic E-state index is -0.162. The van der Waals surface area contributed by atoms with Crippen LogP contribution in [0.2, 0.25) is 0 Å². The summed E-state index contributed by atoms with van der Waals surface area (Å²) in [5, 5.41) is 2.77. The third kappa shape index (κ3) is 4.24. The van der Waals surface area contributed by atoms with Gasteiger partial charge in [0, 0.05) is 22.0 Å². The molecule has 0 radical (unpaired) electrons. The van der Waals surface area contributed by atoms with Gasteiger partial charge in [0.05, 0.1) is 5.25 Å². The highest BCUT2D eigenvalue weighted by molar-refractivity contribution is 9.10. The van der Waals surface area contributed by atoms with Crippen molar-refractivity contribution in [1.82, 2.24) is 0 Å². The summed E-state index contributed by atoms with van der Waals surface area (Å²) < 4.78 is 12.1. The van der Waals surface area contributed by atoms with E-state index in [-0.39, 0.29) is 11.2 Å². The quantitative estimate of drug-likeness (QED) is 0.793. The van der Waals surface area contributed by atoms with E-state index in [0.29, 0.717) is 19.0 Å². The van der Waals surface area contributed by atoms with Gasteiger partial charge >= 0.3 is 0 Å². The molecular weight excluding hydrogens is 390 g/mol. The molecule has 2 aromatic rings. The minimum Gasteiger partial charge on any atom is -0.486 e. The van der Waals surface area contributed by atoms with Crippen LogP contribution in [0.15, 0.2) is 46.9 Å². The van der Waals surface area contributed by atoms with Gasteiger partial charge in [0.1, 0.15) is 13.2 Å². The molecule has 6 heteroatoms. The number of anilines is 1. The van der Waals surface area contributed by atoms with E-state index in [4.69, 9.17) is 9.47 Å². The number of hydrogen-bond donors (Lipinski definition) is 1. The molecule has 1 amide bonds. The van der Waals surface area contributed by atoms with Crippen molar-refractivity contribution in [2.24, 2.45) is 0 Å². The number of carbonyl (C=O) groups is 1. The maximum Gasteiger partial charge on any atom is 0.237 e. The Kier molecular flexibility index (Phi) is 5.68. The highest BCUT2D eigenvalue weighted by Gasteiger charge is 2.16. The van der Waals surface area contributed by atoms with E-state index in [1.54, 1.807) is 17.8 Å². The predicted molar refractivity (Wildman–Crippen MR) is 101 cm³/mol. The number of ether oxygens (including phenoxy) is 2. The van der Waals surface area contributed by atoms with Crippen LogP contribution in [0.5, 0.6) is 11.5 Å². The van der Waals surface area contributed by atoms with E-state index >= 15 is 0 Å². The van der Waals surface area contributed by atoms with Crippen molar-refractivity contribution in [3.63, 3.8) is 0 Å². The summed E-state index contributed by atoms with van der Waals surface area (Å²) in [5.74, 6) is 2.14. The molecule has 0 saturated heterocycles. The van der Waals surface area contributed by atoms with Crippen LogP contribution in [0, 0.1) is 0 Å². The Hall–Kier alpha value is -1.66. The molecule has 0 saturated carbocycles. The topological polar surface area (TPSA) is 47.6 Å². The van der Waals surface area contributed by atoms with E-state index < -0.39 is 0 Å². The fraction of sp³-hybridized carbons (Fsp3) is 0.278. The molecule has 1 heterocycles. The fourth-order valence-corrected chi connectivity index (χ4v) is 3.77. The van der Waals surface area contributed by atoms with Crippen LogP contribution < -0.4 is 14.8 Å². The molecule has 126 valence electrons. The van der Waals surface area contributed by atoms with Gasteiger partial charge in [-0.25, -0.2) is 0 Å². The highest BCUT2D eigenvalue weighted by Crippen LogP contribution is 2.33. The van der Waals surface area contributed by atoms with Crippen molar-refractivity contribution in [3.05, 3.63) is 52.5 Å². The van der Waals surface area contributed by atoms with Crippen molar-refractivity contribution >= 4 is 39.3 Å². The van der Waals surface area contributed by atoms with Crippen LogP contribution in [0.3, 0.4) is 0 Å². The Morgan fingerprint density at radius 3 is 2.75 bits per heavy atom. The first-order valence-corrected chi connectivity index (χ1v) is 9.53. The summed E-state index contributed by atoms with van der Waals surface area (Å²) in [6.45, 7) is 3.00. The first-order valence-electron chi connectivity index (χ1n) is 7.69. The first-order chi connectivity index (χ1) is 11.6. The van der Waals surface area contributed by atoms with E-state index in [2.05, 4.69) is 27.3 Å². The Balaban J connectivity index is 1.57. The molecule has 1 N–H and O–H groups in total. The maximum absolute atomic E-state index is 12.4. The zero-order valence-electron chi connectivity index (χ0n) is 13.3. The average Bonchev–Trinajstić information content (AvgIpc) is 2.60. The minimum absolute atomic E-state index is 0.0243. The standard InChI is InChI=1S/C18H18BrNO3S/c1-12(24-11-13-4-2-3-5-15(13)19)18(21)20-14-6-7-16-17(10-14)23-9-8-22-16/h2-7,10,12H,8-9,11H2,1H3,(H,20,21). The third-order valence-corrected chi connectivity index (χ3v) is 5.59. The molecule has 24 heavy (non-hydrogen) atoms. The zero-order valence-corrected chi connectivity index (χ0v) is 15.7. The van der Waals surface area contributed by atoms with E-state index in [0.717, 1.165) is 21.7 Å². The second-order valence-electron chi connectivity index (χ2n) is 5.39. The number of rotatable bonds is 5. The van der Waals surface area contributed by atoms with E-state index in [1.807, 2.05) is 37.3 Å². The van der Waals surface area contributed by atoms with Crippen LogP contribution >= 0.6 is 27.7 Å². The SMILES string of the molecule is CC(SCc1ccccc1Br)C(=O)Nc1ccc2c(c1)OCCO2. The lowest BCUT2D eigenvalue weighted by Gasteiger charge is -2.19. The normalized spacial score (nSPS) is 14.1. The van der Waals surface area contributed by atoms with Gasteiger partial charge in [-0.3, -0.25) is 4.79 Å². The molecule has 0 aliphatic carbocycles. The maximum atomic E-state index is 12.4. The fourth-order valence-electron chi connectivity index (χ4n) is 2.27. The smallest absolute Gasteiger partial charge is 0.237 e. The molecule has 1 unspecified atom stereocenters. The molecule has 0 fully saturated rings. The van der Waals surface area contributed by atoms with Gasteiger partial charge in [0.2, 0.25) is 5.91 Å². The molecule has 0 spiro atoms. The second kappa shape index (κ2) is 7.94.